The summed E-state index contributed by atoms with van der Waals surface area (Å²) in [7, 11) is 0. The van der Waals surface area contributed by atoms with E-state index in [1.807, 2.05) is 13.0 Å². The Labute approximate surface area is 211 Å². The highest BCUT2D eigenvalue weighted by Gasteiger charge is 2.30. The highest BCUT2D eigenvalue weighted by Crippen LogP contribution is 2.26. The van der Waals surface area contributed by atoms with Crippen LogP contribution in [0.15, 0.2) is 47.4 Å². The number of hydrogen-bond donors (Lipinski definition) is 1. The van der Waals surface area contributed by atoms with Crippen LogP contribution in [0.1, 0.15) is 56.6 Å². The maximum atomic E-state index is 13.4. The SMILES string of the molecule is CC[C@H](C(=O)NC1CCCC1)N(Cc1ccc(Cl)cc1Cl)C(=O)CCSc1ccc(C)cc1. The molecule has 0 unspecified atom stereocenters. The molecule has 2 aromatic carbocycles. The Morgan fingerprint density at radius 2 is 1.82 bits per heavy atom. The standard InChI is InChI=1S/C26H32Cl2N2O2S/c1-3-24(26(32)29-21-6-4-5-7-21)30(17-19-10-11-20(27)16-23(19)28)25(31)14-15-33-22-12-8-18(2)9-13-22/h8-13,16,21,24H,3-7,14-15,17H2,1-2H3,(H,29,32)/t24-/m1/s1. The number of benzene rings is 2. The molecule has 33 heavy (non-hydrogen) atoms. The minimum Gasteiger partial charge on any atom is -0.352 e. The summed E-state index contributed by atoms with van der Waals surface area (Å²) in [6.07, 6.45) is 5.18. The molecule has 1 aliphatic carbocycles. The van der Waals surface area contributed by atoms with Gasteiger partial charge >= 0.3 is 0 Å². The van der Waals surface area contributed by atoms with Gasteiger partial charge in [-0.25, -0.2) is 0 Å². The molecule has 7 heteroatoms. The summed E-state index contributed by atoms with van der Waals surface area (Å²) < 4.78 is 0. The molecule has 0 saturated heterocycles. The monoisotopic (exact) mass is 506 g/mol. The molecular formula is C26H32Cl2N2O2S. The van der Waals surface area contributed by atoms with E-state index in [2.05, 4.69) is 36.5 Å². The van der Waals surface area contributed by atoms with Crippen LogP contribution in [0, 0.1) is 6.92 Å². The highest BCUT2D eigenvalue weighted by molar-refractivity contribution is 7.99. The Bertz CT molecular complexity index is 946. The lowest BCUT2D eigenvalue weighted by Gasteiger charge is -2.32. The number of halogens is 2. The van der Waals surface area contributed by atoms with Gasteiger partial charge in [-0.3, -0.25) is 9.59 Å². The van der Waals surface area contributed by atoms with Crippen molar-refractivity contribution in [2.75, 3.05) is 5.75 Å². The molecule has 0 spiro atoms. The zero-order valence-corrected chi connectivity index (χ0v) is 21.6. The summed E-state index contributed by atoms with van der Waals surface area (Å²) in [6.45, 7) is 4.28. The van der Waals surface area contributed by atoms with Crippen LogP contribution >= 0.6 is 35.0 Å². The second-order valence-electron chi connectivity index (χ2n) is 8.58. The van der Waals surface area contributed by atoms with E-state index in [0.29, 0.717) is 28.6 Å². The number of nitrogens with zero attached hydrogens (tertiary/aromatic N) is 1. The lowest BCUT2D eigenvalue weighted by atomic mass is 10.1. The smallest absolute Gasteiger partial charge is 0.243 e. The number of thioether (sulfide) groups is 1. The van der Waals surface area contributed by atoms with E-state index in [4.69, 9.17) is 23.2 Å². The molecule has 3 rings (SSSR count). The Kier molecular flexibility index (Phi) is 9.96. The average Bonchev–Trinajstić information content (AvgIpc) is 3.29. The van der Waals surface area contributed by atoms with Crippen LogP contribution in [-0.4, -0.2) is 34.6 Å². The molecule has 1 N–H and O–H groups in total. The number of carbonyl (C=O) groups is 2. The van der Waals surface area contributed by atoms with Gasteiger partial charge in [-0.15, -0.1) is 11.8 Å². The van der Waals surface area contributed by atoms with Gasteiger partial charge in [0.2, 0.25) is 11.8 Å². The lowest BCUT2D eigenvalue weighted by Crippen LogP contribution is -2.51. The van der Waals surface area contributed by atoms with E-state index in [9.17, 15) is 9.59 Å². The van der Waals surface area contributed by atoms with Crippen molar-refractivity contribution in [1.82, 2.24) is 10.2 Å². The summed E-state index contributed by atoms with van der Waals surface area (Å²) in [5, 5.41) is 4.21. The summed E-state index contributed by atoms with van der Waals surface area (Å²) in [4.78, 5) is 29.4. The number of rotatable bonds is 10. The molecule has 1 atom stereocenters. The minimum atomic E-state index is -0.533. The van der Waals surface area contributed by atoms with Crippen molar-refractivity contribution in [2.45, 2.75) is 75.9 Å². The molecule has 2 amide bonds. The average molecular weight is 508 g/mol. The predicted molar refractivity (Wildman–Crippen MR) is 138 cm³/mol. The third-order valence-electron chi connectivity index (χ3n) is 6.05. The molecule has 4 nitrogen and oxygen atoms in total. The molecule has 0 aromatic heterocycles. The number of nitrogens with one attached hydrogen (secondary N) is 1. The summed E-state index contributed by atoms with van der Waals surface area (Å²) in [5.41, 5.74) is 1.99. The molecule has 0 radical (unpaired) electrons. The van der Waals surface area contributed by atoms with Crippen molar-refractivity contribution in [3.8, 4) is 0 Å². The number of carbonyl (C=O) groups excluding carboxylic acids is 2. The van der Waals surface area contributed by atoms with Gasteiger partial charge < -0.3 is 10.2 Å². The van der Waals surface area contributed by atoms with E-state index >= 15 is 0 Å². The van der Waals surface area contributed by atoms with Crippen LogP contribution in [0.3, 0.4) is 0 Å². The number of hydrogen-bond acceptors (Lipinski definition) is 3. The fourth-order valence-electron chi connectivity index (χ4n) is 4.15. The van der Waals surface area contributed by atoms with Gasteiger partial charge in [0.1, 0.15) is 6.04 Å². The topological polar surface area (TPSA) is 49.4 Å². The molecule has 0 bridgehead atoms. The molecule has 0 heterocycles. The Morgan fingerprint density at radius 1 is 1.12 bits per heavy atom. The molecular weight excluding hydrogens is 475 g/mol. The second-order valence-corrected chi connectivity index (χ2v) is 10.6. The maximum absolute atomic E-state index is 13.4. The van der Waals surface area contributed by atoms with Gasteiger partial charge in [-0.2, -0.15) is 0 Å². The quantitative estimate of drug-likeness (QED) is 0.367. The van der Waals surface area contributed by atoms with Gasteiger partial charge in [0, 0.05) is 39.7 Å². The zero-order chi connectivity index (χ0) is 23.8. The van der Waals surface area contributed by atoms with Crippen molar-refractivity contribution in [3.05, 3.63) is 63.6 Å². The van der Waals surface area contributed by atoms with E-state index < -0.39 is 6.04 Å². The van der Waals surface area contributed by atoms with Gasteiger partial charge in [-0.05, 0) is 56.0 Å². The van der Waals surface area contributed by atoms with Gasteiger partial charge in [0.05, 0.1) is 0 Å². The Balaban J connectivity index is 1.72. The largest absolute Gasteiger partial charge is 0.352 e. The molecule has 2 aromatic rings. The Morgan fingerprint density at radius 3 is 2.45 bits per heavy atom. The predicted octanol–water partition coefficient (Wildman–Crippen LogP) is 6.65. The minimum absolute atomic E-state index is 0.0472. The molecule has 0 aliphatic heterocycles. The highest BCUT2D eigenvalue weighted by atomic mass is 35.5. The Hall–Kier alpha value is -1.69. The number of aryl methyl sites for hydroxylation is 1. The summed E-state index contributed by atoms with van der Waals surface area (Å²) in [5.74, 6) is 0.524. The first-order valence-corrected chi connectivity index (χ1v) is 13.3. The van der Waals surface area contributed by atoms with Crippen LogP contribution in [0.4, 0.5) is 0 Å². The van der Waals surface area contributed by atoms with Gasteiger partial charge in [0.25, 0.3) is 0 Å². The first-order chi connectivity index (χ1) is 15.9. The normalized spacial score (nSPS) is 14.8. The van der Waals surface area contributed by atoms with Crippen molar-refractivity contribution in [2.24, 2.45) is 0 Å². The third kappa shape index (κ3) is 7.66. The van der Waals surface area contributed by atoms with Crippen molar-refractivity contribution >= 4 is 46.8 Å². The van der Waals surface area contributed by atoms with Crippen molar-refractivity contribution < 1.29 is 9.59 Å². The van der Waals surface area contributed by atoms with E-state index in [0.717, 1.165) is 36.1 Å². The van der Waals surface area contributed by atoms with Gasteiger partial charge in [0.15, 0.2) is 0 Å². The second kappa shape index (κ2) is 12.7. The van der Waals surface area contributed by atoms with Crippen LogP contribution in [0.25, 0.3) is 0 Å². The molecule has 1 aliphatic rings. The van der Waals surface area contributed by atoms with Gasteiger partial charge in [-0.1, -0.05) is 66.7 Å². The van der Waals surface area contributed by atoms with Crippen LogP contribution in [-0.2, 0) is 16.1 Å². The van der Waals surface area contributed by atoms with Crippen molar-refractivity contribution in [1.29, 1.82) is 0 Å². The number of amides is 2. The van der Waals surface area contributed by atoms with Crippen LogP contribution < -0.4 is 5.32 Å². The first kappa shape index (κ1) is 25.9. The zero-order valence-electron chi connectivity index (χ0n) is 19.3. The van der Waals surface area contributed by atoms with E-state index in [-0.39, 0.29) is 24.4 Å². The lowest BCUT2D eigenvalue weighted by molar-refractivity contribution is -0.141. The molecule has 178 valence electrons. The summed E-state index contributed by atoms with van der Waals surface area (Å²) >= 11 is 14.1. The van der Waals surface area contributed by atoms with Crippen LogP contribution in [0.2, 0.25) is 10.0 Å². The third-order valence-corrected chi connectivity index (χ3v) is 7.65. The van der Waals surface area contributed by atoms with E-state index in [1.165, 1.54) is 5.56 Å². The van der Waals surface area contributed by atoms with E-state index in [1.54, 1.807) is 28.8 Å². The van der Waals surface area contributed by atoms with Crippen molar-refractivity contribution in [3.63, 3.8) is 0 Å². The molecule has 1 saturated carbocycles. The fourth-order valence-corrected chi connectivity index (χ4v) is 5.46. The summed E-state index contributed by atoms with van der Waals surface area (Å²) in [6, 6.07) is 13.2. The fraction of sp³-hybridized carbons (Fsp3) is 0.462. The van der Waals surface area contributed by atoms with Crippen LogP contribution in [0.5, 0.6) is 0 Å². The molecule has 1 fully saturated rings. The first-order valence-electron chi connectivity index (χ1n) is 11.6. The maximum Gasteiger partial charge on any atom is 0.243 e.